The third-order valence-electron chi connectivity index (χ3n) is 2.88. The summed E-state index contributed by atoms with van der Waals surface area (Å²) < 4.78 is 5.33. The number of hydrogen-bond donors (Lipinski definition) is 2. The van der Waals surface area contributed by atoms with Crippen molar-refractivity contribution in [2.45, 2.75) is 31.6 Å². The molecule has 2 N–H and O–H groups in total. The molecule has 0 spiro atoms. The van der Waals surface area contributed by atoms with Gasteiger partial charge in [-0.05, 0) is 19.3 Å². The van der Waals surface area contributed by atoms with Crippen LogP contribution in [0.5, 0.6) is 0 Å². The summed E-state index contributed by atoms with van der Waals surface area (Å²) in [5.41, 5.74) is 1.23. The minimum atomic E-state index is 0.229. The van der Waals surface area contributed by atoms with Gasteiger partial charge in [-0.15, -0.1) is 0 Å². The highest BCUT2D eigenvalue weighted by molar-refractivity contribution is 5.08. The van der Waals surface area contributed by atoms with Crippen LogP contribution in [0.2, 0.25) is 0 Å². The van der Waals surface area contributed by atoms with Gasteiger partial charge in [-0.1, -0.05) is 0 Å². The number of aryl methyl sites for hydroxylation is 1. The number of rotatable bonds is 4. The fourth-order valence-corrected chi connectivity index (χ4v) is 1.97. The first-order valence-electron chi connectivity index (χ1n) is 5.62. The molecule has 2 heterocycles. The maximum atomic E-state index is 8.72. The second-order valence-electron chi connectivity index (χ2n) is 4.00. The molecule has 0 radical (unpaired) electrons. The Hall–Kier alpha value is -0.870. The van der Waals surface area contributed by atoms with Crippen LogP contribution in [-0.2, 0) is 11.2 Å². The van der Waals surface area contributed by atoms with Crippen molar-refractivity contribution in [3.63, 3.8) is 0 Å². The van der Waals surface area contributed by atoms with Crippen LogP contribution in [0.1, 0.15) is 36.7 Å². The van der Waals surface area contributed by atoms with Gasteiger partial charge in [-0.3, -0.25) is 0 Å². The molecule has 1 aromatic heterocycles. The summed E-state index contributed by atoms with van der Waals surface area (Å²) >= 11 is 0. The van der Waals surface area contributed by atoms with Gasteiger partial charge < -0.3 is 14.8 Å². The summed E-state index contributed by atoms with van der Waals surface area (Å²) in [7, 11) is 0. The average Bonchev–Trinajstić information content (AvgIpc) is 2.76. The Morgan fingerprint density at radius 2 is 2.27 bits per heavy atom. The summed E-state index contributed by atoms with van der Waals surface area (Å²) in [6.07, 6.45) is 5.71. The summed E-state index contributed by atoms with van der Waals surface area (Å²) in [5.74, 6) is 1.57. The Morgan fingerprint density at radius 3 is 3.00 bits per heavy atom. The number of aromatic nitrogens is 2. The van der Waals surface area contributed by atoms with Crippen LogP contribution in [0.15, 0.2) is 6.20 Å². The van der Waals surface area contributed by atoms with Crippen molar-refractivity contribution < 1.29 is 9.84 Å². The molecule has 1 aromatic rings. The third-order valence-corrected chi connectivity index (χ3v) is 2.88. The molecule has 1 fully saturated rings. The maximum Gasteiger partial charge on any atom is 0.106 e. The molecule has 0 aromatic carbocycles. The van der Waals surface area contributed by atoms with Gasteiger partial charge in [-0.2, -0.15) is 0 Å². The lowest BCUT2D eigenvalue weighted by Gasteiger charge is -2.20. The molecule has 84 valence electrons. The Labute approximate surface area is 89.7 Å². The quantitative estimate of drug-likeness (QED) is 0.785. The topological polar surface area (TPSA) is 58.1 Å². The van der Waals surface area contributed by atoms with E-state index in [2.05, 4.69) is 9.97 Å². The number of aliphatic hydroxyl groups is 1. The Bertz CT molecular complexity index is 293. The monoisotopic (exact) mass is 210 g/mol. The zero-order chi connectivity index (χ0) is 10.5. The lowest BCUT2D eigenvalue weighted by Crippen LogP contribution is -2.14. The molecule has 2 rings (SSSR count). The zero-order valence-electron chi connectivity index (χ0n) is 8.91. The van der Waals surface area contributed by atoms with E-state index in [0.717, 1.165) is 44.7 Å². The molecular formula is C11H18N2O2. The molecule has 0 unspecified atom stereocenters. The Balaban J connectivity index is 1.93. The highest BCUT2D eigenvalue weighted by Crippen LogP contribution is 2.25. The molecule has 0 atom stereocenters. The number of aliphatic hydroxyl groups excluding tert-OH is 1. The standard InChI is InChI=1S/C11H18N2O2/c14-5-1-2-11-12-8-10(13-11)9-3-6-15-7-4-9/h8-9,14H,1-7H2,(H,12,13). The van der Waals surface area contributed by atoms with Crippen LogP contribution in [0.4, 0.5) is 0 Å². The van der Waals surface area contributed by atoms with Crippen LogP contribution < -0.4 is 0 Å². The lowest BCUT2D eigenvalue weighted by molar-refractivity contribution is 0.0845. The molecule has 15 heavy (non-hydrogen) atoms. The molecule has 4 nitrogen and oxygen atoms in total. The predicted octanol–water partition coefficient (Wildman–Crippen LogP) is 1.23. The molecule has 0 amide bonds. The predicted molar refractivity (Wildman–Crippen MR) is 56.8 cm³/mol. The van der Waals surface area contributed by atoms with Gasteiger partial charge in [0.05, 0.1) is 0 Å². The number of aromatic amines is 1. The van der Waals surface area contributed by atoms with E-state index in [0.29, 0.717) is 5.92 Å². The molecule has 1 saturated heterocycles. The van der Waals surface area contributed by atoms with Crippen molar-refractivity contribution in [2.24, 2.45) is 0 Å². The molecule has 4 heteroatoms. The minimum absolute atomic E-state index is 0.229. The average molecular weight is 210 g/mol. The maximum absolute atomic E-state index is 8.72. The van der Waals surface area contributed by atoms with Crippen LogP contribution >= 0.6 is 0 Å². The van der Waals surface area contributed by atoms with E-state index in [1.165, 1.54) is 5.69 Å². The Kier molecular flexibility index (Phi) is 3.75. The van der Waals surface area contributed by atoms with E-state index >= 15 is 0 Å². The molecule has 0 bridgehead atoms. The first-order chi connectivity index (χ1) is 7.40. The Morgan fingerprint density at radius 1 is 1.47 bits per heavy atom. The SMILES string of the molecule is OCCCc1ncc(C2CCOCC2)[nH]1. The minimum Gasteiger partial charge on any atom is -0.396 e. The van der Waals surface area contributed by atoms with Gasteiger partial charge in [0.25, 0.3) is 0 Å². The van der Waals surface area contributed by atoms with Gasteiger partial charge >= 0.3 is 0 Å². The number of nitrogens with one attached hydrogen (secondary N) is 1. The number of ether oxygens (including phenoxy) is 1. The summed E-state index contributed by atoms with van der Waals surface area (Å²) in [5, 5.41) is 8.72. The second kappa shape index (κ2) is 5.28. The summed E-state index contributed by atoms with van der Waals surface area (Å²) in [6.45, 7) is 1.94. The number of imidazole rings is 1. The van der Waals surface area contributed by atoms with E-state index in [-0.39, 0.29) is 6.61 Å². The third kappa shape index (κ3) is 2.79. The second-order valence-corrected chi connectivity index (χ2v) is 4.00. The highest BCUT2D eigenvalue weighted by Gasteiger charge is 2.17. The van der Waals surface area contributed by atoms with E-state index in [1.807, 2.05) is 6.20 Å². The van der Waals surface area contributed by atoms with E-state index in [1.54, 1.807) is 0 Å². The molecule has 1 aliphatic heterocycles. The van der Waals surface area contributed by atoms with Gasteiger partial charge in [-0.25, -0.2) is 4.98 Å². The smallest absolute Gasteiger partial charge is 0.106 e. The van der Waals surface area contributed by atoms with Crippen LogP contribution in [0.25, 0.3) is 0 Å². The van der Waals surface area contributed by atoms with E-state index in [4.69, 9.17) is 9.84 Å². The number of nitrogens with zero attached hydrogens (tertiary/aromatic N) is 1. The fraction of sp³-hybridized carbons (Fsp3) is 0.727. The van der Waals surface area contributed by atoms with Crippen LogP contribution in [-0.4, -0.2) is 34.9 Å². The van der Waals surface area contributed by atoms with Crippen molar-refractivity contribution in [3.05, 3.63) is 17.7 Å². The van der Waals surface area contributed by atoms with E-state index in [9.17, 15) is 0 Å². The van der Waals surface area contributed by atoms with Gasteiger partial charge in [0, 0.05) is 44.1 Å². The van der Waals surface area contributed by atoms with Gasteiger partial charge in [0.1, 0.15) is 5.82 Å². The molecule has 0 saturated carbocycles. The molecule has 1 aliphatic rings. The van der Waals surface area contributed by atoms with Gasteiger partial charge in [0.2, 0.25) is 0 Å². The fourth-order valence-electron chi connectivity index (χ4n) is 1.97. The van der Waals surface area contributed by atoms with Crippen molar-refractivity contribution in [1.82, 2.24) is 9.97 Å². The van der Waals surface area contributed by atoms with E-state index < -0.39 is 0 Å². The van der Waals surface area contributed by atoms with Gasteiger partial charge in [0.15, 0.2) is 0 Å². The summed E-state index contributed by atoms with van der Waals surface area (Å²) in [4.78, 5) is 7.66. The highest BCUT2D eigenvalue weighted by atomic mass is 16.5. The van der Waals surface area contributed by atoms with Crippen LogP contribution in [0, 0.1) is 0 Å². The number of H-pyrrole nitrogens is 1. The first-order valence-corrected chi connectivity index (χ1v) is 5.62. The van der Waals surface area contributed by atoms with Crippen molar-refractivity contribution in [1.29, 1.82) is 0 Å². The zero-order valence-corrected chi connectivity index (χ0v) is 8.91. The molecule has 0 aliphatic carbocycles. The van der Waals surface area contributed by atoms with Crippen LogP contribution in [0.3, 0.4) is 0 Å². The van der Waals surface area contributed by atoms with Crippen molar-refractivity contribution in [2.75, 3.05) is 19.8 Å². The van der Waals surface area contributed by atoms with Crippen molar-refractivity contribution in [3.8, 4) is 0 Å². The largest absolute Gasteiger partial charge is 0.396 e. The molecular weight excluding hydrogens is 192 g/mol. The summed E-state index contributed by atoms with van der Waals surface area (Å²) in [6, 6.07) is 0. The van der Waals surface area contributed by atoms with Crippen molar-refractivity contribution >= 4 is 0 Å². The normalized spacial score (nSPS) is 18.2. The number of hydrogen-bond acceptors (Lipinski definition) is 3. The lowest BCUT2D eigenvalue weighted by atomic mass is 9.97. The first kappa shape index (κ1) is 10.6.